The number of likely N-dealkylation sites (N-methyl/N-ethyl adjacent to an activating group) is 1. The normalized spacial score (nSPS) is 20.6. The molecule has 0 aromatic heterocycles. The van der Waals surface area contributed by atoms with Crippen LogP contribution in [0.5, 0.6) is 0 Å². The topological polar surface area (TPSA) is 53.0 Å². The van der Waals surface area contributed by atoms with E-state index in [0.29, 0.717) is 6.54 Å². The number of amides is 1. The van der Waals surface area contributed by atoms with Gasteiger partial charge in [-0.05, 0) is 40.7 Å². The zero-order valence-corrected chi connectivity index (χ0v) is 12.0. The highest BCUT2D eigenvalue weighted by Gasteiger charge is 2.32. The molecule has 0 saturated carbocycles. The van der Waals surface area contributed by atoms with E-state index in [9.17, 15) is 4.79 Å². The molecule has 5 heteroatoms. The summed E-state index contributed by atoms with van der Waals surface area (Å²) in [4.78, 5) is 15.9. The Morgan fingerprint density at radius 2 is 2.17 bits per heavy atom. The Kier molecular flexibility index (Phi) is 5.41. The van der Waals surface area contributed by atoms with E-state index in [2.05, 4.69) is 0 Å². The SMILES string of the molecule is CN(CCO)CC1CCCN1C(=O)OC(C)(C)C. The molecule has 1 rings (SSSR count). The second-order valence-corrected chi connectivity index (χ2v) is 5.96. The summed E-state index contributed by atoms with van der Waals surface area (Å²) in [5, 5.41) is 8.89. The second kappa shape index (κ2) is 6.38. The van der Waals surface area contributed by atoms with Crippen LogP contribution in [0.25, 0.3) is 0 Å². The van der Waals surface area contributed by atoms with Crippen LogP contribution >= 0.6 is 0 Å². The molecule has 0 aromatic rings. The van der Waals surface area contributed by atoms with Crippen LogP contribution in [-0.2, 0) is 4.74 Å². The molecular weight excluding hydrogens is 232 g/mol. The summed E-state index contributed by atoms with van der Waals surface area (Å²) in [6, 6.07) is 0.205. The van der Waals surface area contributed by atoms with E-state index in [-0.39, 0.29) is 18.7 Å². The van der Waals surface area contributed by atoms with Crippen molar-refractivity contribution in [2.45, 2.75) is 45.3 Å². The number of aliphatic hydroxyl groups excluding tert-OH is 1. The monoisotopic (exact) mass is 258 g/mol. The van der Waals surface area contributed by atoms with Crippen LogP contribution < -0.4 is 0 Å². The third-order valence-electron chi connectivity index (χ3n) is 3.01. The summed E-state index contributed by atoms with van der Waals surface area (Å²) >= 11 is 0. The Bertz CT molecular complexity index is 276. The van der Waals surface area contributed by atoms with Gasteiger partial charge in [0, 0.05) is 25.7 Å². The number of rotatable bonds is 4. The zero-order valence-electron chi connectivity index (χ0n) is 12.0. The molecule has 0 bridgehead atoms. The lowest BCUT2D eigenvalue weighted by Crippen LogP contribution is -2.44. The summed E-state index contributed by atoms with van der Waals surface area (Å²) in [5.41, 5.74) is -0.443. The van der Waals surface area contributed by atoms with Crippen molar-refractivity contribution < 1.29 is 14.6 Å². The van der Waals surface area contributed by atoms with E-state index >= 15 is 0 Å². The van der Waals surface area contributed by atoms with Gasteiger partial charge in [0.2, 0.25) is 0 Å². The quantitative estimate of drug-likeness (QED) is 0.826. The maximum Gasteiger partial charge on any atom is 0.410 e. The van der Waals surface area contributed by atoms with Gasteiger partial charge in [-0.2, -0.15) is 0 Å². The Morgan fingerprint density at radius 3 is 2.72 bits per heavy atom. The van der Waals surface area contributed by atoms with Crippen LogP contribution in [0.1, 0.15) is 33.6 Å². The van der Waals surface area contributed by atoms with Gasteiger partial charge >= 0.3 is 6.09 Å². The summed E-state index contributed by atoms with van der Waals surface area (Å²) in [5.74, 6) is 0. The Labute approximate surface area is 110 Å². The van der Waals surface area contributed by atoms with Crippen molar-refractivity contribution in [1.82, 2.24) is 9.80 Å². The van der Waals surface area contributed by atoms with Crippen LogP contribution in [0, 0.1) is 0 Å². The maximum atomic E-state index is 12.0. The smallest absolute Gasteiger partial charge is 0.410 e. The number of hydrogen-bond donors (Lipinski definition) is 1. The number of carbonyl (C=O) groups is 1. The highest BCUT2D eigenvalue weighted by molar-refractivity contribution is 5.69. The Morgan fingerprint density at radius 1 is 1.50 bits per heavy atom. The molecule has 0 radical (unpaired) electrons. The van der Waals surface area contributed by atoms with Gasteiger partial charge in [0.15, 0.2) is 0 Å². The van der Waals surface area contributed by atoms with E-state index in [0.717, 1.165) is 25.9 Å². The molecule has 1 unspecified atom stereocenters. The zero-order chi connectivity index (χ0) is 13.8. The number of likely N-dealkylation sites (tertiary alicyclic amines) is 1. The largest absolute Gasteiger partial charge is 0.444 e. The number of carbonyl (C=O) groups excluding carboxylic acids is 1. The van der Waals surface area contributed by atoms with Crippen LogP contribution in [0.3, 0.4) is 0 Å². The lowest BCUT2D eigenvalue weighted by Gasteiger charge is -2.30. The Hall–Kier alpha value is -0.810. The molecule has 5 nitrogen and oxygen atoms in total. The molecule has 0 aliphatic carbocycles. The number of aliphatic hydroxyl groups is 1. The fourth-order valence-corrected chi connectivity index (χ4v) is 2.21. The lowest BCUT2D eigenvalue weighted by molar-refractivity contribution is 0.0200. The van der Waals surface area contributed by atoms with Gasteiger partial charge in [0.05, 0.1) is 6.61 Å². The van der Waals surface area contributed by atoms with Crippen molar-refractivity contribution in [2.75, 3.05) is 33.3 Å². The molecule has 0 aromatic carbocycles. The first-order valence-electron chi connectivity index (χ1n) is 6.62. The highest BCUT2D eigenvalue weighted by Crippen LogP contribution is 2.21. The molecule has 1 fully saturated rings. The van der Waals surface area contributed by atoms with E-state index in [1.165, 1.54) is 0 Å². The summed E-state index contributed by atoms with van der Waals surface area (Å²) in [6.07, 6.45) is 1.81. The first-order chi connectivity index (χ1) is 8.33. The first kappa shape index (κ1) is 15.2. The lowest BCUT2D eigenvalue weighted by atomic mass is 10.2. The first-order valence-corrected chi connectivity index (χ1v) is 6.62. The fraction of sp³-hybridized carbons (Fsp3) is 0.923. The third kappa shape index (κ3) is 4.82. The van der Waals surface area contributed by atoms with Crippen molar-refractivity contribution in [2.24, 2.45) is 0 Å². The van der Waals surface area contributed by atoms with Crippen molar-refractivity contribution >= 4 is 6.09 Å². The second-order valence-electron chi connectivity index (χ2n) is 5.96. The minimum atomic E-state index is -0.443. The van der Waals surface area contributed by atoms with Gasteiger partial charge in [-0.25, -0.2) is 4.79 Å². The average Bonchev–Trinajstić information content (AvgIpc) is 2.63. The minimum absolute atomic E-state index is 0.148. The predicted octanol–water partition coefficient (Wildman–Crippen LogP) is 1.31. The van der Waals surface area contributed by atoms with Gasteiger partial charge < -0.3 is 19.6 Å². The van der Waals surface area contributed by atoms with Crippen LogP contribution in [-0.4, -0.2) is 65.9 Å². The summed E-state index contributed by atoms with van der Waals surface area (Å²) < 4.78 is 5.41. The third-order valence-corrected chi connectivity index (χ3v) is 3.01. The average molecular weight is 258 g/mol. The number of hydrogen-bond acceptors (Lipinski definition) is 4. The maximum absolute atomic E-state index is 12.0. The minimum Gasteiger partial charge on any atom is -0.444 e. The number of nitrogens with zero attached hydrogens (tertiary/aromatic N) is 2. The summed E-state index contributed by atoms with van der Waals surface area (Å²) in [7, 11) is 1.96. The molecule has 1 aliphatic rings. The fourth-order valence-electron chi connectivity index (χ4n) is 2.21. The van der Waals surface area contributed by atoms with Crippen molar-refractivity contribution in [3.05, 3.63) is 0 Å². The predicted molar refractivity (Wildman–Crippen MR) is 70.5 cm³/mol. The molecule has 1 atom stereocenters. The van der Waals surface area contributed by atoms with E-state index < -0.39 is 5.60 Å². The van der Waals surface area contributed by atoms with Crippen LogP contribution in [0.4, 0.5) is 4.79 Å². The molecule has 0 spiro atoms. The molecule has 1 amide bonds. The van der Waals surface area contributed by atoms with Gasteiger partial charge in [-0.1, -0.05) is 0 Å². The molecule has 1 aliphatic heterocycles. The van der Waals surface area contributed by atoms with E-state index in [1.807, 2.05) is 37.6 Å². The molecule has 1 N–H and O–H groups in total. The molecule has 1 heterocycles. The molecule has 1 saturated heterocycles. The van der Waals surface area contributed by atoms with Crippen LogP contribution in [0.15, 0.2) is 0 Å². The van der Waals surface area contributed by atoms with Crippen LogP contribution in [0.2, 0.25) is 0 Å². The van der Waals surface area contributed by atoms with E-state index in [1.54, 1.807) is 0 Å². The van der Waals surface area contributed by atoms with Gasteiger partial charge in [-0.3, -0.25) is 0 Å². The molecular formula is C13H26N2O3. The van der Waals surface area contributed by atoms with Crippen molar-refractivity contribution in [3.63, 3.8) is 0 Å². The van der Waals surface area contributed by atoms with E-state index in [4.69, 9.17) is 9.84 Å². The standard InChI is InChI=1S/C13H26N2O3/c1-13(2,3)18-12(17)15-7-5-6-11(15)10-14(4)8-9-16/h11,16H,5-10H2,1-4H3. The van der Waals surface area contributed by atoms with Gasteiger partial charge in [0.25, 0.3) is 0 Å². The van der Waals surface area contributed by atoms with Crippen molar-refractivity contribution in [3.8, 4) is 0 Å². The Balaban J connectivity index is 2.51. The highest BCUT2D eigenvalue weighted by atomic mass is 16.6. The van der Waals surface area contributed by atoms with Crippen molar-refractivity contribution in [1.29, 1.82) is 0 Å². The summed E-state index contributed by atoms with van der Waals surface area (Å²) in [6.45, 7) is 8.00. The van der Waals surface area contributed by atoms with Gasteiger partial charge in [-0.15, -0.1) is 0 Å². The molecule has 18 heavy (non-hydrogen) atoms. The van der Waals surface area contributed by atoms with Gasteiger partial charge in [0.1, 0.15) is 5.60 Å². The number of ether oxygens (including phenoxy) is 1. The molecule has 106 valence electrons.